The van der Waals surface area contributed by atoms with Gasteiger partial charge < -0.3 is 19.1 Å². The summed E-state index contributed by atoms with van der Waals surface area (Å²) in [4.78, 5) is 8.30. The number of piperidine rings is 1. The quantitative estimate of drug-likeness (QED) is 0.160. The van der Waals surface area contributed by atoms with Gasteiger partial charge in [-0.3, -0.25) is 4.90 Å². The molecule has 0 bridgehead atoms. The molecule has 47 heavy (non-hydrogen) atoms. The fourth-order valence-electron chi connectivity index (χ4n) is 6.71. The number of hydrogen-bond acceptors (Lipinski definition) is 6. The summed E-state index contributed by atoms with van der Waals surface area (Å²) in [7, 11) is 0. The van der Waals surface area contributed by atoms with Gasteiger partial charge in [-0.2, -0.15) is 13.2 Å². The second-order valence-corrected chi connectivity index (χ2v) is 12.5. The van der Waals surface area contributed by atoms with Crippen LogP contribution in [0.25, 0.3) is 0 Å². The zero-order chi connectivity index (χ0) is 32.6. The van der Waals surface area contributed by atoms with Gasteiger partial charge in [0.2, 0.25) is 0 Å². The summed E-state index contributed by atoms with van der Waals surface area (Å²) in [6, 6.07) is 32.7. The third kappa shape index (κ3) is 8.59. The molecular formula is C38H42F3N3O3. The second-order valence-electron chi connectivity index (χ2n) is 12.5. The number of likely N-dealkylation sites (tertiary alicyclic amines) is 1. The average Bonchev–Trinajstić information content (AvgIpc) is 3.56. The standard InChI is InChI=1S/C38H42F3N3O3/c1-28-35(46-26-30-14-7-3-8-15-30)36(47-27-31-16-9-4-10-17-31)34(45-25-29-12-5-2-6-13-29)24-44(28)23-32-19-21-43(22-32)37-33(38(39,40)41)18-11-20-42-37/h2-18,20,28,32,34-36H,19,21-27H2,1H3/t28-,32+,34+,35-,36-/m1/s1. The zero-order valence-corrected chi connectivity index (χ0v) is 26.6. The van der Waals surface area contributed by atoms with E-state index in [2.05, 4.69) is 41.1 Å². The van der Waals surface area contributed by atoms with Crippen molar-refractivity contribution in [1.82, 2.24) is 9.88 Å². The number of aromatic nitrogens is 1. The minimum Gasteiger partial charge on any atom is -0.369 e. The van der Waals surface area contributed by atoms with Crippen LogP contribution in [0.5, 0.6) is 0 Å². The van der Waals surface area contributed by atoms with E-state index in [4.69, 9.17) is 14.2 Å². The monoisotopic (exact) mass is 645 g/mol. The Kier molecular flexibility index (Phi) is 10.9. The van der Waals surface area contributed by atoms with Crippen molar-refractivity contribution < 1.29 is 27.4 Å². The largest absolute Gasteiger partial charge is 0.419 e. The Morgan fingerprint density at radius 3 is 1.83 bits per heavy atom. The van der Waals surface area contributed by atoms with Crippen molar-refractivity contribution in [3.8, 4) is 0 Å². The van der Waals surface area contributed by atoms with E-state index in [1.807, 2.05) is 66.7 Å². The topological polar surface area (TPSA) is 47.1 Å². The summed E-state index contributed by atoms with van der Waals surface area (Å²) < 4.78 is 61.4. The Morgan fingerprint density at radius 1 is 0.702 bits per heavy atom. The van der Waals surface area contributed by atoms with Gasteiger partial charge in [0.15, 0.2) is 0 Å². The Balaban J connectivity index is 1.22. The van der Waals surface area contributed by atoms with Crippen LogP contribution in [0, 0.1) is 5.92 Å². The van der Waals surface area contributed by atoms with Crippen LogP contribution in [0.3, 0.4) is 0 Å². The van der Waals surface area contributed by atoms with Crippen molar-refractivity contribution in [2.75, 3.05) is 31.1 Å². The highest BCUT2D eigenvalue weighted by Gasteiger charge is 2.45. The predicted octanol–water partition coefficient (Wildman–Crippen LogP) is 7.39. The third-order valence-corrected chi connectivity index (χ3v) is 9.20. The molecule has 3 aromatic carbocycles. The molecule has 0 aliphatic carbocycles. The molecule has 6 rings (SSSR count). The number of halogens is 3. The van der Waals surface area contributed by atoms with Crippen molar-refractivity contribution in [3.63, 3.8) is 0 Å². The van der Waals surface area contributed by atoms with E-state index in [1.165, 1.54) is 12.3 Å². The van der Waals surface area contributed by atoms with Gasteiger partial charge in [0.1, 0.15) is 18.0 Å². The van der Waals surface area contributed by atoms with Crippen LogP contribution in [-0.2, 0) is 40.2 Å². The number of nitrogens with zero attached hydrogens (tertiary/aromatic N) is 3. The SMILES string of the molecule is C[C@@H]1[C@@H](OCc2ccccc2)[C@H](OCc2ccccc2)[C@@H](OCc2ccccc2)CN1C[C@H]1CCN(c2ncccc2C(F)(F)F)C1. The molecule has 2 aliphatic rings. The maximum atomic E-state index is 13.8. The Morgan fingerprint density at radius 2 is 1.26 bits per heavy atom. The van der Waals surface area contributed by atoms with Gasteiger partial charge in [0.05, 0.1) is 31.5 Å². The van der Waals surface area contributed by atoms with Gasteiger partial charge in [-0.05, 0) is 48.1 Å². The summed E-state index contributed by atoms with van der Waals surface area (Å²) in [6.45, 7) is 5.80. The number of benzene rings is 3. The van der Waals surface area contributed by atoms with Crippen molar-refractivity contribution in [3.05, 3.63) is 132 Å². The number of ether oxygens (including phenoxy) is 3. The van der Waals surface area contributed by atoms with Crippen LogP contribution in [0.1, 0.15) is 35.6 Å². The molecule has 9 heteroatoms. The molecule has 0 radical (unpaired) electrons. The maximum Gasteiger partial charge on any atom is 0.419 e. The minimum atomic E-state index is -4.45. The van der Waals surface area contributed by atoms with Gasteiger partial charge >= 0.3 is 6.18 Å². The van der Waals surface area contributed by atoms with Crippen LogP contribution in [0.15, 0.2) is 109 Å². The molecule has 0 amide bonds. The highest BCUT2D eigenvalue weighted by atomic mass is 19.4. The first-order valence-electron chi connectivity index (χ1n) is 16.3. The van der Waals surface area contributed by atoms with E-state index in [1.54, 1.807) is 4.90 Å². The lowest BCUT2D eigenvalue weighted by Crippen LogP contribution is -2.63. The predicted molar refractivity (Wildman–Crippen MR) is 176 cm³/mol. The fraction of sp³-hybridized carbons (Fsp3) is 0.395. The van der Waals surface area contributed by atoms with Gasteiger partial charge in [0, 0.05) is 38.4 Å². The highest BCUT2D eigenvalue weighted by molar-refractivity contribution is 5.49. The molecule has 2 aliphatic heterocycles. The van der Waals surface area contributed by atoms with Crippen molar-refractivity contribution in [1.29, 1.82) is 0 Å². The molecule has 6 nitrogen and oxygen atoms in total. The molecule has 2 saturated heterocycles. The summed E-state index contributed by atoms with van der Waals surface area (Å²) in [5.74, 6) is 0.170. The molecule has 0 saturated carbocycles. The maximum absolute atomic E-state index is 13.8. The summed E-state index contributed by atoms with van der Waals surface area (Å²) in [5, 5.41) is 0. The summed E-state index contributed by atoms with van der Waals surface area (Å²) >= 11 is 0. The minimum absolute atomic E-state index is 0.0108. The van der Waals surface area contributed by atoms with Crippen LogP contribution in [0.4, 0.5) is 19.0 Å². The van der Waals surface area contributed by atoms with Gasteiger partial charge in [0.25, 0.3) is 0 Å². The number of alkyl halides is 3. The van der Waals surface area contributed by atoms with Gasteiger partial charge in [-0.15, -0.1) is 0 Å². The van der Waals surface area contributed by atoms with E-state index in [-0.39, 0.29) is 36.1 Å². The molecule has 1 aromatic heterocycles. The fourth-order valence-corrected chi connectivity index (χ4v) is 6.71. The molecule has 0 N–H and O–H groups in total. The van der Waals surface area contributed by atoms with Crippen molar-refractivity contribution >= 4 is 5.82 Å². The Bertz CT molecular complexity index is 1530. The van der Waals surface area contributed by atoms with Crippen LogP contribution in [-0.4, -0.2) is 60.4 Å². The lowest BCUT2D eigenvalue weighted by atomic mass is 9.92. The van der Waals surface area contributed by atoms with E-state index in [0.29, 0.717) is 46.0 Å². The molecule has 0 unspecified atom stereocenters. The molecule has 2 fully saturated rings. The first-order valence-corrected chi connectivity index (χ1v) is 16.3. The summed E-state index contributed by atoms with van der Waals surface area (Å²) in [5.41, 5.74) is 2.53. The molecule has 5 atom stereocenters. The van der Waals surface area contributed by atoms with Crippen LogP contribution >= 0.6 is 0 Å². The number of hydrogen-bond donors (Lipinski definition) is 0. The molecular weight excluding hydrogens is 603 g/mol. The summed E-state index contributed by atoms with van der Waals surface area (Å²) in [6.07, 6.45) is -3.18. The van der Waals surface area contributed by atoms with Crippen molar-refractivity contribution in [2.24, 2.45) is 5.92 Å². The van der Waals surface area contributed by atoms with Gasteiger partial charge in [-0.1, -0.05) is 91.0 Å². The first-order chi connectivity index (χ1) is 22.8. The Hall–Kier alpha value is -3.76. The van der Waals surface area contributed by atoms with Crippen LogP contribution < -0.4 is 4.90 Å². The van der Waals surface area contributed by atoms with E-state index < -0.39 is 11.7 Å². The lowest BCUT2D eigenvalue weighted by molar-refractivity contribution is -0.201. The normalized spacial score (nSPS) is 23.7. The zero-order valence-electron chi connectivity index (χ0n) is 26.6. The molecule has 3 heterocycles. The molecule has 4 aromatic rings. The number of anilines is 1. The average molecular weight is 646 g/mol. The number of pyridine rings is 1. The molecule has 248 valence electrons. The highest BCUT2D eigenvalue weighted by Crippen LogP contribution is 2.37. The van der Waals surface area contributed by atoms with E-state index in [0.717, 1.165) is 29.2 Å². The van der Waals surface area contributed by atoms with Gasteiger partial charge in [-0.25, -0.2) is 4.98 Å². The lowest BCUT2D eigenvalue weighted by Gasteiger charge is -2.48. The Labute approximate surface area is 275 Å². The van der Waals surface area contributed by atoms with E-state index >= 15 is 0 Å². The van der Waals surface area contributed by atoms with Crippen LogP contribution in [0.2, 0.25) is 0 Å². The van der Waals surface area contributed by atoms with Crippen molar-refractivity contribution in [2.45, 2.75) is 63.7 Å². The third-order valence-electron chi connectivity index (χ3n) is 9.20. The molecule has 0 spiro atoms. The smallest absolute Gasteiger partial charge is 0.369 e. The van der Waals surface area contributed by atoms with E-state index in [9.17, 15) is 13.2 Å². The number of rotatable bonds is 12. The first kappa shape index (κ1) is 33.2. The second kappa shape index (κ2) is 15.4.